The quantitative estimate of drug-likeness (QED) is 0.723. The van der Waals surface area contributed by atoms with Gasteiger partial charge in [0.25, 0.3) is 0 Å². The van der Waals surface area contributed by atoms with Crippen LogP contribution in [0, 0.1) is 0 Å². The van der Waals surface area contributed by atoms with Crippen LogP contribution < -0.4 is 11.1 Å². The van der Waals surface area contributed by atoms with Crippen LogP contribution in [0.5, 0.6) is 0 Å². The van der Waals surface area contributed by atoms with Gasteiger partial charge in [-0.15, -0.1) is 0 Å². The number of benzene rings is 1. The maximum atomic E-state index is 11.2. The van der Waals surface area contributed by atoms with Crippen LogP contribution in [-0.4, -0.2) is 28.1 Å². The van der Waals surface area contributed by atoms with Crippen molar-refractivity contribution in [3.05, 3.63) is 23.8 Å². The van der Waals surface area contributed by atoms with Gasteiger partial charge >= 0.3 is 5.97 Å². The molecule has 0 saturated heterocycles. The molecule has 2 rings (SSSR count). The topological polar surface area (TPSA) is 75.3 Å². The lowest BCUT2D eigenvalue weighted by molar-refractivity contribution is 0.0698. The second kappa shape index (κ2) is 6.19. The fourth-order valence-electron chi connectivity index (χ4n) is 2.55. The molecule has 4 N–H and O–H groups in total. The van der Waals surface area contributed by atoms with Gasteiger partial charge in [-0.2, -0.15) is 11.8 Å². The van der Waals surface area contributed by atoms with E-state index in [2.05, 4.69) is 12.2 Å². The van der Waals surface area contributed by atoms with Crippen LogP contribution in [0.2, 0.25) is 0 Å². The summed E-state index contributed by atoms with van der Waals surface area (Å²) in [7, 11) is 0. The van der Waals surface area contributed by atoms with Crippen LogP contribution in [0.25, 0.3) is 0 Å². The zero-order chi connectivity index (χ0) is 13.8. The minimum atomic E-state index is -0.917. The summed E-state index contributed by atoms with van der Waals surface area (Å²) in [4.78, 5) is 11.2. The normalized spacial score (nSPS) is 22.4. The van der Waals surface area contributed by atoms with Crippen LogP contribution in [-0.2, 0) is 0 Å². The van der Waals surface area contributed by atoms with Crippen LogP contribution >= 0.6 is 11.8 Å². The minimum absolute atomic E-state index is 0.292. The Bertz CT molecular complexity index is 465. The number of thioether (sulfide) groups is 1. The lowest BCUT2D eigenvalue weighted by Gasteiger charge is -2.16. The maximum absolute atomic E-state index is 11.2. The predicted octanol–water partition coefficient (Wildman–Crippen LogP) is 3.05. The number of hydrogen-bond donors (Lipinski definition) is 3. The highest BCUT2D eigenvalue weighted by molar-refractivity contribution is 7.99. The van der Waals surface area contributed by atoms with Crippen LogP contribution in [0.3, 0.4) is 0 Å². The molecule has 1 aromatic rings. The monoisotopic (exact) mass is 280 g/mol. The molecule has 0 amide bonds. The Morgan fingerprint density at radius 2 is 2.32 bits per heavy atom. The van der Waals surface area contributed by atoms with E-state index in [1.807, 2.05) is 11.8 Å². The molecule has 1 fully saturated rings. The molecule has 0 aromatic heterocycles. The van der Waals surface area contributed by atoms with E-state index in [9.17, 15) is 9.90 Å². The highest BCUT2D eigenvalue weighted by Gasteiger charge is 2.25. The van der Waals surface area contributed by atoms with Gasteiger partial charge in [0, 0.05) is 17.0 Å². The average molecular weight is 280 g/mol. The molecule has 0 aliphatic heterocycles. The van der Waals surface area contributed by atoms with Crippen LogP contribution in [0.1, 0.15) is 36.5 Å². The number of rotatable bonds is 5. The van der Waals surface area contributed by atoms with E-state index in [-0.39, 0.29) is 0 Å². The van der Waals surface area contributed by atoms with Crippen molar-refractivity contribution in [1.82, 2.24) is 0 Å². The number of hydrogen-bond acceptors (Lipinski definition) is 4. The number of carboxylic acids is 1. The van der Waals surface area contributed by atoms with Crippen molar-refractivity contribution in [2.75, 3.05) is 16.8 Å². The van der Waals surface area contributed by atoms with Crippen molar-refractivity contribution < 1.29 is 9.90 Å². The molecular weight excluding hydrogens is 260 g/mol. The summed E-state index contributed by atoms with van der Waals surface area (Å²) in [6, 6.07) is 5.25. The van der Waals surface area contributed by atoms with Crippen molar-refractivity contribution in [2.24, 2.45) is 0 Å². The molecule has 0 spiro atoms. The lowest BCUT2D eigenvalue weighted by Crippen LogP contribution is -2.18. The van der Waals surface area contributed by atoms with E-state index in [1.165, 1.54) is 6.42 Å². The van der Waals surface area contributed by atoms with Gasteiger partial charge in [0.1, 0.15) is 0 Å². The molecule has 1 saturated carbocycles. The van der Waals surface area contributed by atoms with E-state index in [0.717, 1.165) is 18.6 Å². The third-order valence-corrected chi connectivity index (χ3v) is 4.65. The van der Waals surface area contributed by atoms with Crippen LogP contribution in [0.15, 0.2) is 18.2 Å². The first kappa shape index (κ1) is 14.1. The molecule has 4 nitrogen and oxygen atoms in total. The van der Waals surface area contributed by atoms with Gasteiger partial charge in [-0.3, -0.25) is 0 Å². The van der Waals surface area contributed by atoms with Gasteiger partial charge in [0.05, 0.1) is 11.3 Å². The van der Waals surface area contributed by atoms with Crippen molar-refractivity contribution in [1.29, 1.82) is 0 Å². The number of nitrogens with two attached hydrogens (primary N) is 1. The number of anilines is 2. The molecule has 1 aromatic carbocycles. The van der Waals surface area contributed by atoms with Crippen molar-refractivity contribution >= 4 is 29.1 Å². The van der Waals surface area contributed by atoms with Gasteiger partial charge in [-0.25, -0.2) is 4.79 Å². The zero-order valence-electron chi connectivity index (χ0n) is 11.1. The van der Waals surface area contributed by atoms with Gasteiger partial charge in [-0.05, 0) is 43.2 Å². The number of nitrogens with one attached hydrogen (secondary N) is 1. The first-order valence-corrected chi connectivity index (χ1v) is 7.66. The van der Waals surface area contributed by atoms with E-state index < -0.39 is 5.97 Å². The molecule has 2 unspecified atom stereocenters. The van der Waals surface area contributed by atoms with Crippen molar-refractivity contribution in [2.45, 2.75) is 37.5 Å². The van der Waals surface area contributed by atoms with E-state index in [4.69, 9.17) is 5.73 Å². The molecular formula is C14H20N2O2S. The second-order valence-corrected chi connectivity index (χ2v) is 6.42. The molecule has 0 heterocycles. The van der Waals surface area contributed by atoms with E-state index in [1.54, 1.807) is 18.2 Å². The second-order valence-electron chi connectivity index (χ2n) is 4.84. The molecule has 1 aliphatic rings. The molecule has 5 heteroatoms. The number of carboxylic acid groups (broad SMARTS) is 1. The summed E-state index contributed by atoms with van der Waals surface area (Å²) < 4.78 is 0. The molecule has 1 aliphatic carbocycles. The summed E-state index contributed by atoms with van der Waals surface area (Å²) in [5.74, 6) is 0.218. The van der Waals surface area contributed by atoms with Gasteiger partial charge < -0.3 is 16.2 Å². The standard InChI is InChI=1S/C14H20N2O2S/c1-2-19-11-5-4-10(8-11)16-13-7-9(15)3-6-12(13)14(17)18/h3,6-7,10-11,16H,2,4-5,8,15H2,1H3,(H,17,18). The molecule has 0 bridgehead atoms. The number of carbonyl (C=O) groups is 1. The Kier molecular flexibility index (Phi) is 4.58. The number of aromatic carboxylic acids is 1. The Balaban J connectivity index is 2.07. The predicted molar refractivity (Wildman–Crippen MR) is 81.0 cm³/mol. The first-order chi connectivity index (χ1) is 9.10. The third kappa shape index (κ3) is 3.56. The van der Waals surface area contributed by atoms with E-state index in [0.29, 0.717) is 28.2 Å². The molecule has 0 radical (unpaired) electrons. The smallest absolute Gasteiger partial charge is 0.337 e. The zero-order valence-corrected chi connectivity index (χ0v) is 11.9. The summed E-state index contributed by atoms with van der Waals surface area (Å²) >= 11 is 1.99. The maximum Gasteiger partial charge on any atom is 0.337 e. The van der Waals surface area contributed by atoms with Crippen LogP contribution in [0.4, 0.5) is 11.4 Å². The van der Waals surface area contributed by atoms with Crippen molar-refractivity contribution in [3.63, 3.8) is 0 Å². The highest BCUT2D eigenvalue weighted by Crippen LogP contribution is 2.32. The summed E-state index contributed by atoms with van der Waals surface area (Å²) in [6.07, 6.45) is 3.37. The Morgan fingerprint density at radius 1 is 1.53 bits per heavy atom. The Hall–Kier alpha value is -1.36. The fraction of sp³-hybridized carbons (Fsp3) is 0.500. The Labute approximate surface area is 117 Å². The summed E-state index contributed by atoms with van der Waals surface area (Å²) in [5, 5.41) is 13.2. The third-order valence-electron chi connectivity index (χ3n) is 3.42. The summed E-state index contributed by atoms with van der Waals surface area (Å²) in [6.45, 7) is 2.17. The van der Waals surface area contributed by atoms with E-state index >= 15 is 0 Å². The average Bonchev–Trinajstić information content (AvgIpc) is 2.77. The Morgan fingerprint density at radius 3 is 3.00 bits per heavy atom. The highest BCUT2D eigenvalue weighted by atomic mass is 32.2. The van der Waals surface area contributed by atoms with Gasteiger partial charge in [0.2, 0.25) is 0 Å². The lowest BCUT2D eigenvalue weighted by atomic mass is 10.1. The largest absolute Gasteiger partial charge is 0.478 e. The van der Waals surface area contributed by atoms with Gasteiger partial charge in [-0.1, -0.05) is 6.92 Å². The first-order valence-electron chi connectivity index (χ1n) is 6.61. The van der Waals surface area contributed by atoms with Gasteiger partial charge in [0.15, 0.2) is 0 Å². The molecule has 19 heavy (non-hydrogen) atoms. The SMILES string of the molecule is CCSC1CCC(Nc2cc(N)ccc2C(=O)O)C1. The minimum Gasteiger partial charge on any atom is -0.478 e. The summed E-state index contributed by atoms with van der Waals surface area (Å²) in [5.41, 5.74) is 7.26. The molecule has 104 valence electrons. The number of nitrogen functional groups attached to an aromatic ring is 1. The fourth-order valence-corrected chi connectivity index (χ4v) is 3.69. The van der Waals surface area contributed by atoms with Crippen molar-refractivity contribution in [3.8, 4) is 0 Å². The molecule has 2 atom stereocenters.